The molecular weight excluding hydrogens is 293 g/mol. The number of rotatable bonds is 3. The van der Waals surface area contributed by atoms with E-state index in [1.165, 1.54) is 6.33 Å². The van der Waals surface area contributed by atoms with E-state index < -0.39 is 0 Å². The van der Waals surface area contributed by atoms with Crippen molar-refractivity contribution in [1.82, 2.24) is 14.8 Å². The second-order valence-corrected chi connectivity index (χ2v) is 6.43. The van der Waals surface area contributed by atoms with Crippen LogP contribution < -0.4 is 0 Å². The van der Waals surface area contributed by atoms with Gasteiger partial charge in [0, 0.05) is 22.2 Å². The fourth-order valence-electron chi connectivity index (χ4n) is 1.74. The highest BCUT2D eigenvalue weighted by molar-refractivity contribution is 6.35. The largest absolute Gasteiger partial charge is 0.225 e. The first-order chi connectivity index (χ1) is 9.35. The van der Waals surface area contributed by atoms with Crippen molar-refractivity contribution < 1.29 is 0 Å². The van der Waals surface area contributed by atoms with Crippen molar-refractivity contribution in [3.8, 4) is 0 Å². The van der Waals surface area contributed by atoms with Crippen LogP contribution in [0, 0.1) is 11.8 Å². The van der Waals surface area contributed by atoms with Crippen molar-refractivity contribution in [1.29, 1.82) is 0 Å². The summed E-state index contributed by atoms with van der Waals surface area (Å²) in [5.41, 5.74) is 1.82. The molecule has 20 heavy (non-hydrogen) atoms. The predicted octanol–water partition coefficient (Wildman–Crippen LogP) is 4.83. The van der Waals surface area contributed by atoms with Crippen LogP contribution >= 0.6 is 23.2 Å². The summed E-state index contributed by atoms with van der Waals surface area (Å²) in [5.74, 6) is 0. The van der Waals surface area contributed by atoms with Gasteiger partial charge in [0.05, 0.1) is 0 Å². The van der Waals surface area contributed by atoms with Crippen LogP contribution in [0.1, 0.15) is 26.3 Å². The zero-order chi connectivity index (χ0) is 14.8. The molecule has 2 aromatic rings. The Balaban J connectivity index is 2.42. The molecule has 0 unspecified atom stereocenters. The summed E-state index contributed by atoms with van der Waals surface area (Å²) in [6.07, 6.45) is 7.26. The highest BCUT2D eigenvalue weighted by atomic mass is 35.5. The Morgan fingerprint density at radius 2 is 2.00 bits per heavy atom. The Kier molecular flexibility index (Phi) is 4.51. The zero-order valence-corrected chi connectivity index (χ0v) is 13.2. The Hall–Kier alpha value is -1.32. The smallest absolute Gasteiger partial charge is 0.138 e. The maximum Gasteiger partial charge on any atom is 0.138 e. The van der Waals surface area contributed by atoms with E-state index in [0.717, 1.165) is 11.3 Å². The van der Waals surface area contributed by atoms with Crippen LogP contribution in [-0.4, -0.2) is 14.8 Å². The first-order valence-electron chi connectivity index (χ1n) is 6.23. The summed E-state index contributed by atoms with van der Waals surface area (Å²) in [6, 6.07) is 5.43. The SMILES string of the molecule is CC(C)(C)[CH]/C(=C\c1ccc(Cl)cc1Cl)n1cncn1. The molecule has 0 atom stereocenters. The molecule has 0 spiro atoms. The lowest BCUT2D eigenvalue weighted by molar-refractivity contribution is 0.508. The number of nitrogens with zero attached hydrogens (tertiary/aromatic N) is 3. The molecule has 0 fully saturated rings. The Bertz CT molecular complexity index is 611. The van der Waals surface area contributed by atoms with Gasteiger partial charge < -0.3 is 0 Å². The number of halogens is 2. The number of hydrogen-bond acceptors (Lipinski definition) is 2. The van der Waals surface area contributed by atoms with Gasteiger partial charge >= 0.3 is 0 Å². The lowest BCUT2D eigenvalue weighted by Gasteiger charge is -2.20. The lowest BCUT2D eigenvalue weighted by Crippen LogP contribution is -2.11. The van der Waals surface area contributed by atoms with E-state index >= 15 is 0 Å². The number of benzene rings is 1. The van der Waals surface area contributed by atoms with Crippen molar-refractivity contribution >= 4 is 35.0 Å². The van der Waals surface area contributed by atoms with E-state index in [2.05, 4.69) is 37.3 Å². The number of aromatic nitrogens is 3. The Morgan fingerprint density at radius 1 is 1.25 bits per heavy atom. The number of hydrogen-bond donors (Lipinski definition) is 0. The van der Waals surface area contributed by atoms with Gasteiger partial charge in [-0.2, -0.15) is 5.10 Å². The Labute approximate surface area is 129 Å². The van der Waals surface area contributed by atoms with Crippen molar-refractivity contribution in [2.75, 3.05) is 0 Å². The van der Waals surface area contributed by atoms with Crippen molar-refractivity contribution in [3.05, 3.63) is 52.9 Å². The molecular formula is C15H16Cl2N3. The molecule has 0 N–H and O–H groups in total. The average molecular weight is 309 g/mol. The molecule has 3 nitrogen and oxygen atoms in total. The van der Waals surface area contributed by atoms with E-state index in [4.69, 9.17) is 23.2 Å². The monoisotopic (exact) mass is 308 g/mol. The normalized spacial score (nSPS) is 12.8. The van der Waals surface area contributed by atoms with Crippen molar-refractivity contribution in [2.45, 2.75) is 20.8 Å². The van der Waals surface area contributed by atoms with Crippen LogP contribution in [0.3, 0.4) is 0 Å². The van der Waals surface area contributed by atoms with Crippen molar-refractivity contribution in [3.63, 3.8) is 0 Å². The predicted molar refractivity (Wildman–Crippen MR) is 84.4 cm³/mol. The van der Waals surface area contributed by atoms with Gasteiger partial charge in [0.15, 0.2) is 0 Å². The highest BCUT2D eigenvalue weighted by Crippen LogP contribution is 2.29. The third kappa shape index (κ3) is 4.09. The van der Waals surface area contributed by atoms with E-state index in [-0.39, 0.29) is 5.41 Å². The second kappa shape index (κ2) is 5.98. The third-order valence-electron chi connectivity index (χ3n) is 2.53. The molecule has 0 amide bonds. The molecule has 1 radical (unpaired) electrons. The Morgan fingerprint density at radius 3 is 2.55 bits per heavy atom. The summed E-state index contributed by atoms with van der Waals surface area (Å²) in [5, 5.41) is 5.41. The molecule has 0 aliphatic heterocycles. The molecule has 0 bridgehead atoms. The fraction of sp³-hybridized carbons (Fsp3) is 0.267. The van der Waals surface area contributed by atoms with Gasteiger partial charge in [-0.15, -0.1) is 0 Å². The van der Waals surface area contributed by atoms with Crippen LogP contribution in [0.25, 0.3) is 11.8 Å². The van der Waals surface area contributed by atoms with E-state index in [1.54, 1.807) is 17.1 Å². The zero-order valence-electron chi connectivity index (χ0n) is 11.6. The van der Waals surface area contributed by atoms with E-state index in [1.807, 2.05) is 18.2 Å². The van der Waals surface area contributed by atoms with Crippen LogP contribution in [0.2, 0.25) is 10.0 Å². The summed E-state index contributed by atoms with van der Waals surface area (Å²) < 4.78 is 1.72. The number of allylic oxidation sites excluding steroid dienone is 1. The van der Waals surface area contributed by atoms with E-state index in [9.17, 15) is 0 Å². The molecule has 0 saturated carbocycles. The maximum absolute atomic E-state index is 6.22. The molecule has 5 heteroatoms. The summed E-state index contributed by atoms with van der Waals surface area (Å²) in [4.78, 5) is 3.99. The minimum Gasteiger partial charge on any atom is -0.225 e. The average Bonchev–Trinajstić information content (AvgIpc) is 2.83. The first kappa shape index (κ1) is 15.1. The van der Waals surface area contributed by atoms with Crippen molar-refractivity contribution in [2.24, 2.45) is 5.41 Å². The minimum absolute atomic E-state index is 0.0106. The van der Waals surface area contributed by atoms with Gasteiger partial charge in [-0.25, -0.2) is 9.67 Å². The van der Waals surface area contributed by atoms with E-state index in [0.29, 0.717) is 10.0 Å². The summed E-state index contributed by atoms with van der Waals surface area (Å²) in [7, 11) is 0. The molecule has 0 aliphatic carbocycles. The van der Waals surface area contributed by atoms with Crippen LogP contribution in [0.4, 0.5) is 0 Å². The highest BCUT2D eigenvalue weighted by Gasteiger charge is 2.16. The maximum atomic E-state index is 6.22. The minimum atomic E-state index is 0.0106. The second-order valence-electron chi connectivity index (χ2n) is 5.59. The molecule has 1 aromatic carbocycles. The summed E-state index contributed by atoms with van der Waals surface area (Å²) >= 11 is 12.1. The van der Waals surface area contributed by atoms with Gasteiger partial charge in [0.25, 0.3) is 0 Å². The molecule has 1 heterocycles. The van der Waals surface area contributed by atoms with Gasteiger partial charge in [-0.3, -0.25) is 0 Å². The molecule has 0 saturated heterocycles. The standard InChI is InChI=1S/C15H16Cl2N3/c1-15(2,3)8-13(20-10-18-9-19-20)6-11-4-5-12(16)7-14(11)17/h4-10H,1-3H3/b13-6+. The fourth-order valence-corrected chi connectivity index (χ4v) is 2.20. The van der Waals surface area contributed by atoms with Gasteiger partial charge in [-0.05, 0) is 29.2 Å². The molecule has 105 valence electrons. The third-order valence-corrected chi connectivity index (χ3v) is 3.09. The lowest BCUT2D eigenvalue weighted by atomic mass is 9.90. The quantitative estimate of drug-likeness (QED) is 0.812. The molecule has 0 aliphatic rings. The van der Waals surface area contributed by atoms with Crippen LogP contribution in [-0.2, 0) is 0 Å². The molecule has 1 aromatic heterocycles. The van der Waals surface area contributed by atoms with Crippen LogP contribution in [0.15, 0.2) is 30.9 Å². The van der Waals surface area contributed by atoms with Crippen LogP contribution in [0.5, 0.6) is 0 Å². The van der Waals surface area contributed by atoms with Gasteiger partial charge in [-0.1, -0.05) is 50.0 Å². The summed E-state index contributed by atoms with van der Waals surface area (Å²) in [6.45, 7) is 6.38. The topological polar surface area (TPSA) is 30.7 Å². The van der Waals surface area contributed by atoms with Gasteiger partial charge in [0.2, 0.25) is 0 Å². The van der Waals surface area contributed by atoms with Gasteiger partial charge in [0.1, 0.15) is 12.7 Å². The molecule has 2 rings (SSSR count). The first-order valence-corrected chi connectivity index (χ1v) is 6.98.